The van der Waals surface area contributed by atoms with Gasteiger partial charge in [0, 0.05) is 41.9 Å². The second-order valence-electron chi connectivity index (χ2n) is 5.67. The van der Waals surface area contributed by atoms with Gasteiger partial charge in [-0.1, -0.05) is 29.8 Å². The quantitative estimate of drug-likeness (QED) is 0.926. The maximum absolute atomic E-state index is 12.5. The molecule has 0 saturated carbocycles. The molecular weight excluding hydrogens is 300 g/mol. The highest BCUT2D eigenvalue weighted by Gasteiger charge is 2.29. The van der Waals surface area contributed by atoms with Crippen LogP contribution in [0.3, 0.4) is 0 Å². The summed E-state index contributed by atoms with van der Waals surface area (Å²) in [6.45, 7) is 3.07. The van der Waals surface area contributed by atoms with Crippen molar-refractivity contribution >= 4 is 17.5 Å². The largest absolute Gasteiger partial charge is 0.354 e. The topological polar surface area (TPSA) is 53.2 Å². The lowest BCUT2D eigenvalue weighted by atomic mass is 9.98. The minimum Gasteiger partial charge on any atom is -0.354 e. The molecule has 0 spiro atoms. The molecule has 0 bridgehead atoms. The fourth-order valence-corrected chi connectivity index (χ4v) is 3.26. The molecular formula is C17H17ClN2O2. The number of benzene rings is 1. The van der Waals surface area contributed by atoms with Crippen molar-refractivity contribution in [1.29, 1.82) is 0 Å². The van der Waals surface area contributed by atoms with E-state index in [2.05, 4.69) is 4.98 Å². The first kappa shape index (κ1) is 14.9. The lowest BCUT2D eigenvalue weighted by molar-refractivity contribution is 0.0784. The Labute approximate surface area is 133 Å². The van der Waals surface area contributed by atoms with Crippen LogP contribution in [-0.4, -0.2) is 28.9 Å². The smallest absolute Gasteiger partial charge is 0.270 e. The summed E-state index contributed by atoms with van der Waals surface area (Å²) < 4.78 is 0. The van der Waals surface area contributed by atoms with E-state index in [0.717, 1.165) is 17.0 Å². The Bertz CT molecular complexity index is 769. The molecule has 2 heterocycles. The molecule has 1 aliphatic heterocycles. The molecule has 1 fully saturated rings. The van der Waals surface area contributed by atoms with Gasteiger partial charge in [-0.05, 0) is 25.0 Å². The summed E-state index contributed by atoms with van der Waals surface area (Å²) >= 11 is 6.24. The van der Waals surface area contributed by atoms with Gasteiger partial charge in [0.25, 0.3) is 5.91 Å². The van der Waals surface area contributed by atoms with Crippen LogP contribution in [0, 0.1) is 6.92 Å². The number of carbonyl (C=O) groups is 1. The number of aromatic nitrogens is 1. The molecule has 1 aliphatic rings. The van der Waals surface area contributed by atoms with Gasteiger partial charge in [-0.25, -0.2) is 0 Å². The van der Waals surface area contributed by atoms with Crippen LogP contribution in [0.2, 0.25) is 5.02 Å². The van der Waals surface area contributed by atoms with Gasteiger partial charge in [-0.2, -0.15) is 0 Å². The van der Waals surface area contributed by atoms with E-state index in [1.54, 1.807) is 11.8 Å². The van der Waals surface area contributed by atoms with Crippen molar-refractivity contribution in [3.63, 3.8) is 0 Å². The summed E-state index contributed by atoms with van der Waals surface area (Å²) in [5.41, 5.74) is 1.97. The van der Waals surface area contributed by atoms with Crippen LogP contribution in [0.1, 0.15) is 34.1 Å². The Morgan fingerprint density at radius 1 is 1.32 bits per heavy atom. The summed E-state index contributed by atoms with van der Waals surface area (Å²) in [6, 6.07) is 10.6. The molecule has 5 heteroatoms. The number of halogens is 1. The van der Waals surface area contributed by atoms with Crippen molar-refractivity contribution in [3.8, 4) is 0 Å². The summed E-state index contributed by atoms with van der Waals surface area (Å²) in [4.78, 5) is 28.8. The van der Waals surface area contributed by atoms with E-state index in [0.29, 0.717) is 24.5 Å². The van der Waals surface area contributed by atoms with Crippen molar-refractivity contribution < 1.29 is 4.79 Å². The van der Waals surface area contributed by atoms with E-state index >= 15 is 0 Å². The van der Waals surface area contributed by atoms with Gasteiger partial charge in [-0.15, -0.1) is 0 Å². The van der Waals surface area contributed by atoms with Crippen LogP contribution in [0.25, 0.3) is 0 Å². The molecule has 1 aromatic heterocycles. The third-order valence-corrected chi connectivity index (χ3v) is 4.37. The summed E-state index contributed by atoms with van der Waals surface area (Å²) in [5.74, 6) is 0.115. The standard InChI is InChI=1S/C17H17ClN2O2/c1-11-8-13(21)9-16(19-11)17(22)20-7-6-12(10-20)14-4-2-3-5-15(14)18/h2-5,8-9,12H,6-7,10H2,1H3,(H,19,21)/t12-/m1/s1. The summed E-state index contributed by atoms with van der Waals surface area (Å²) in [7, 11) is 0. The summed E-state index contributed by atoms with van der Waals surface area (Å²) in [6.07, 6.45) is 0.880. The molecule has 1 aromatic carbocycles. The third kappa shape index (κ3) is 2.92. The highest BCUT2D eigenvalue weighted by Crippen LogP contribution is 2.32. The third-order valence-electron chi connectivity index (χ3n) is 4.03. The zero-order valence-electron chi connectivity index (χ0n) is 12.3. The van der Waals surface area contributed by atoms with E-state index in [1.165, 1.54) is 12.1 Å². The number of nitrogens with zero attached hydrogens (tertiary/aromatic N) is 1. The van der Waals surface area contributed by atoms with Gasteiger partial charge in [0.05, 0.1) is 0 Å². The average Bonchev–Trinajstić information content (AvgIpc) is 2.95. The molecule has 0 aliphatic carbocycles. The molecule has 4 nitrogen and oxygen atoms in total. The number of H-pyrrole nitrogens is 1. The number of nitrogens with one attached hydrogen (secondary N) is 1. The van der Waals surface area contributed by atoms with Crippen LogP contribution in [0.4, 0.5) is 0 Å². The van der Waals surface area contributed by atoms with Crippen molar-refractivity contribution in [2.24, 2.45) is 0 Å². The lowest BCUT2D eigenvalue weighted by Gasteiger charge is -2.17. The number of carbonyl (C=O) groups excluding carboxylic acids is 1. The lowest BCUT2D eigenvalue weighted by Crippen LogP contribution is -2.30. The van der Waals surface area contributed by atoms with E-state index in [9.17, 15) is 9.59 Å². The number of hydrogen-bond donors (Lipinski definition) is 1. The second kappa shape index (κ2) is 5.97. The molecule has 1 saturated heterocycles. The van der Waals surface area contributed by atoms with Crippen LogP contribution in [-0.2, 0) is 0 Å². The number of aryl methyl sites for hydroxylation is 1. The number of rotatable bonds is 2. The monoisotopic (exact) mass is 316 g/mol. The highest BCUT2D eigenvalue weighted by molar-refractivity contribution is 6.31. The van der Waals surface area contributed by atoms with Crippen molar-refractivity contribution in [2.45, 2.75) is 19.3 Å². The fourth-order valence-electron chi connectivity index (χ4n) is 2.97. The molecule has 1 N–H and O–H groups in total. The predicted molar refractivity (Wildman–Crippen MR) is 86.5 cm³/mol. The van der Waals surface area contributed by atoms with Crippen molar-refractivity contribution in [2.75, 3.05) is 13.1 Å². The second-order valence-corrected chi connectivity index (χ2v) is 6.08. The van der Waals surface area contributed by atoms with Gasteiger partial charge >= 0.3 is 0 Å². The maximum Gasteiger partial charge on any atom is 0.270 e. The molecule has 1 atom stereocenters. The summed E-state index contributed by atoms with van der Waals surface area (Å²) in [5, 5.41) is 0.741. The minimum absolute atomic E-state index is 0.129. The molecule has 22 heavy (non-hydrogen) atoms. The van der Waals surface area contributed by atoms with Crippen LogP contribution in [0.15, 0.2) is 41.2 Å². The first-order valence-electron chi connectivity index (χ1n) is 7.29. The normalized spacial score (nSPS) is 17.7. The zero-order valence-corrected chi connectivity index (χ0v) is 13.1. The maximum atomic E-state index is 12.5. The Morgan fingerprint density at radius 3 is 2.82 bits per heavy atom. The number of amides is 1. The Balaban J connectivity index is 1.79. The van der Waals surface area contributed by atoms with Crippen LogP contribution >= 0.6 is 11.6 Å². The van der Waals surface area contributed by atoms with Gasteiger partial charge < -0.3 is 9.88 Å². The predicted octanol–water partition coefficient (Wildman–Crippen LogP) is 2.97. The SMILES string of the molecule is Cc1cc(=O)cc(C(=O)N2CC[C@@H](c3ccccc3Cl)C2)[nH]1. The average molecular weight is 317 g/mol. The van der Waals surface area contributed by atoms with E-state index in [-0.39, 0.29) is 17.3 Å². The molecule has 3 rings (SSSR count). The number of aromatic amines is 1. The van der Waals surface area contributed by atoms with Gasteiger partial charge in [0.2, 0.25) is 0 Å². The minimum atomic E-state index is -0.151. The molecule has 2 aromatic rings. The van der Waals surface area contributed by atoms with E-state index in [1.807, 2.05) is 24.3 Å². The molecule has 0 unspecified atom stereocenters. The van der Waals surface area contributed by atoms with E-state index in [4.69, 9.17) is 11.6 Å². The highest BCUT2D eigenvalue weighted by atomic mass is 35.5. The first-order valence-corrected chi connectivity index (χ1v) is 7.67. The number of hydrogen-bond acceptors (Lipinski definition) is 2. The van der Waals surface area contributed by atoms with Gasteiger partial charge in [-0.3, -0.25) is 9.59 Å². The van der Waals surface area contributed by atoms with Gasteiger partial charge in [0.1, 0.15) is 5.69 Å². The number of likely N-dealkylation sites (tertiary alicyclic amines) is 1. The van der Waals surface area contributed by atoms with E-state index < -0.39 is 0 Å². The van der Waals surface area contributed by atoms with Crippen LogP contribution in [0.5, 0.6) is 0 Å². The first-order chi connectivity index (χ1) is 10.5. The fraction of sp³-hybridized carbons (Fsp3) is 0.294. The van der Waals surface area contributed by atoms with Gasteiger partial charge in [0.15, 0.2) is 5.43 Å². The molecule has 1 amide bonds. The Kier molecular flexibility index (Phi) is 4.03. The Hall–Kier alpha value is -2.07. The number of pyridine rings is 1. The van der Waals surface area contributed by atoms with Crippen molar-refractivity contribution in [3.05, 3.63) is 68.6 Å². The van der Waals surface area contributed by atoms with Crippen LogP contribution < -0.4 is 5.43 Å². The molecule has 114 valence electrons. The van der Waals surface area contributed by atoms with Crippen molar-refractivity contribution in [1.82, 2.24) is 9.88 Å². The Morgan fingerprint density at radius 2 is 2.09 bits per heavy atom. The molecule has 0 radical (unpaired) electrons. The zero-order chi connectivity index (χ0) is 15.7.